The topological polar surface area (TPSA) is 50.8 Å². The molecule has 1 aliphatic rings. The number of carbonyl (C=O) groups is 1. The van der Waals surface area contributed by atoms with Crippen molar-refractivity contribution in [3.63, 3.8) is 0 Å². The van der Waals surface area contributed by atoms with E-state index < -0.39 is 17.8 Å². The van der Waals surface area contributed by atoms with Crippen LogP contribution in [0, 0.1) is 5.82 Å². The molecule has 0 saturated heterocycles. The molecule has 0 aliphatic carbocycles. The minimum absolute atomic E-state index is 0.160. The number of halogens is 2. The summed E-state index contributed by atoms with van der Waals surface area (Å²) in [6.07, 6.45) is 0. The summed E-state index contributed by atoms with van der Waals surface area (Å²) < 4.78 is 24.3. The Hall–Kier alpha value is -1.70. The third kappa shape index (κ3) is 3.53. The van der Waals surface area contributed by atoms with Crippen LogP contribution in [0.25, 0.3) is 0 Å². The van der Waals surface area contributed by atoms with Crippen molar-refractivity contribution in [2.75, 3.05) is 27.4 Å². The Labute approximate surface area is 150 Å². The van der Waals surface area contributed by atoms with Gasteiger partial charge in [-0.1, -0.05) is 17.7 Å². The van der Waals surface area contributed by atoms with E-state index in [9.17, 15) is 9.18 Å². The highest BCUT2D eigenvalue weighted by Gasteiger charge is 2.36. The monoisotopic (exact) mass is 372 g/mol. The largest absolute Gasteiger partial charge is 0.466 e. The second kappa shape index (κ2) is 7.92. The third-order valence-electron chi connectivity index (χ3n) is 3.81. The van der Waals surface area contributed by atoms with Crippen LogP contribution in [-0.2, 0) is 14.3 Å². The first-order chi connectivity index (χ1) is 11.4. The minimum atomic E-state index is -0.822. The lowest BCUT2D eigenvalue weighted by Gasteiger charge is -2.37. The molecule has 1 aliphatic heterocycles. The summed E-state index contributed by atoms with van der Waals surface area (Å²) in [6.45, 7) is 2.60. The zero-order valence-corrected chi connectivity index (χ0v) is 15.1. The molecule has 5 nitrogen and oxygen atoms in total. The lowest BCUT2D eigenvalue weighted by molar-refractivity contribution is -0.136. The van der Waals surface area contributed by atoms with E-state index in [1.165, 1.54) is 19.2 Å². The number of esters is 1. The number of rotatable bonds is 5. The number of benzene rings is 1. The Balaban J connectivity index is 2.57. The van der Waals surface area contributed by atoms with E-state index in [0.29, 0.717) is 24.0 Å². The quantitative estimate of drug-likeness (QED) is 0.633. The molecule has 1 aromatic rings. The number of carbonyl (C=O) groups excluding carboxylic acids is 1. The summed E-state index contributed by atoms with van der Waals surface area (Å²) in [4.78, 5) is 14.0. The molecule has 0 fully saturated rings. The average molecular weight is 373 g/mol. The summed E-state index contributed by atoms with van der Waals surface area (Å²) in [7, 11) is 2.84. The molecular formula is C16H18ClFN2O3S. The van der Waals surface area contributed by atoms with Gasteiger partial charge in [0, 0.05) is 29.9 Å². The van der Waals surface area contributed by atoms with Crippen LogP contribution in [0.4, 0.5) is 4.39 Å². The molecule has 8 heteroatoms. The van der Waals surface area contributed by atoms with Gasteiger partial charge in [0.1, 0.15) is 5.82 Å². The van der Waals surface area contributed by atoms with Gasteiger partial charge in [-0.15, -0.1) is 0 Å². The number of hydrogen-bond acceptors (Lipinski definition) is 4. The summed E-state index contributed by atoms with van der Waals surface area (Å²) >= 11 is 11.5. The number of nitrogens with one attached hydrogen (secondary N) is 1. The smallest absolute Gasteiger partial charge is 0.337 e. The molecule has 1 aromatic carbocycles. The van der Waals surface area contributed by atoms with Gasteiger partial charge in [-0.25, -0.2) is 9.18 Å². The van der Waals surface area contributed by atoms with Gasteiger partial charge in [-0.05, 0) is 31.3 Å². The zero-order chi connectivity index (χ0) is 17.9. The number of nitrogens with zero attached hydrogens (tertiary/aromatic N) is 1. The summed E-state index contributed by atoms with van der Waals surface area (Å²) in [5.41, 5.74) is 0.994. The van der Waals surface area contributed by atoms with Gasteiger partial charge >= 0.3 is 5.97 Å². The van der Waals surface area contributed by atoms with E-state index in [0.717, 1.165) is 0 Å². The van der Waals surface area contributed by atoms with Gasteiger partial charge < -0.3 is 19.7 Å². The van der Waals surface area contributed by atoms with Crippen LogP contribution in [0.2, 0.25) is 5.02 Å². The van der Waals surface area contributed by atoms with Crippen LogP contribution in [0.15, 0.2) is 29.5 Å². The van der Waals surface area contributed by atoms with Crippen LogP contribution in [-0.4, -0.2) is 43.4 Å². The number of methoxy groups -OCH3 is 2. The van der Waals surface area contributed by atoms with Crippen LogP contribution in [0.5, 0.6) is 0 Å². The van der Waals surface area contributed by atoms with Crippen LogP contribution in [0.3, 0.4) is 0 Å². The van der Waals surface area contributed by atoms with Crippen molar-refractivity contribution in [2.45, 2.75) is 13.0 Å². The summed E-state index contributed by atoms with van der Waals surface area (Å²) in [5, 5.41) is 3.55. The van der Waals surface area contributed by atoms with E-state index >= 15 is 0 Å². The van der Waals surface area contributed by atoms with Gasteiger partial charge in [0.05, 0.1) is 25.3 Å². The predicted octanol–water partition coefficient (Wildman–Crippen LogP) is 2.80. The lowest BCUT2D eigenvalue weighted by atomic mass is 9.94. The normalized spacial score (nSPS) is 17.8. The fourth-order valence-electron chi connectivity index (χ4n) is 2.61. The molecule has 0 radical (unpaired) electrons. The van der Waals surface area contributed by atoms with Gasteiger partial charge in [0.2, 0.25) is 0 Å². The van der Waals surface area contributed by atoms with Gasteiger partial charge in [-0.3, -0.25) is 0 Å². The second-order valence-electron chi connectivity index (χ2n) is 5.15. The molecule has 0 spiro atoms. The van der Waals surface area contributed by atoms with E-state index in [1.807, 2.05) is 0 Å². The first-order valence-corrected chi connectivity index (χ1v) is 8.01. The first kappa shape index (κ1) is 18.6. The molecule has 1 unspecified atom stereocenters. The van der Waals surface area contributed by atoms with Crippen molar-refractivity contribution in [2.24, 2.45) is 0 Å². The number of ether oxygens (including phenoxy) is 2. The Kier molecular flexibility index (Phi) is 6.15. The highest BCUT2D eigenvalue weighted by atomic mass is 35.5. The second-order valence-corrected chi connectivity index (χ2v) is 5.95. The SMILES string of the molecule is COCCN1C(=S)NC(c2c(F)cccc2Cl)C(C(=O)OC)=C1C. The van der Waals surface area contributed by atoms with Crippen LogP contribution < -0.4 is 5.32 Å². The van der Waals surface area contributed by atoms with Gasteiger partial charge in [-0.2, -0.15) is 0 Å². The van der Waals surface area contributed by atoms with Gasteiger partial charge in [0.15, 0.2) is 5.11 Å². The third-order valence-corrected chi connectivity index (χ3v) is 4.48. The molecule has 0 amide bonds. The average Bonchev–Trinajstić information content (AvgIpc) is 2.54. The van der Waals surface area contributed by atoms with E-state index in [-0.39, 0.29) is 16.2 Å². The number of allylic oxidation sites excluding steroid dienone is 1. The highest BCUT2D eigenvalue weighted by Crippen LogP contribution is 2.36. The summed E-state index contributed by atoms with van der Waals surface area (Å²) in [5.74, 6) is -1.10. The van der Waals surface area contributed by atoms with Crippen molar-refractivity contribution in [3.8, 4) is 0 Å². The molecule has 0 bridgehead atoms. The summed E-state index contributed by atoms with van der Waals surface area (Å²) in [6, 6.07) is 3.53. The fourth-order valence-corrected chi connectivity index (χ4v) is 3.23. The molecule has 0 aromatic heterocycles. The Morgan fingerprint density at radius 1 is 1.46 bits per heavy atom. The maximum absolute atomic E-state index is 14.4. The molecule has 24 heavy (non-hydrogen) atoms. The number of thiocarbonyl (C=S) groups is 1. The van der Waals surface area contributed by atoms with Crippen molar-refractivity contribution in [1.82, 2.24) is 10.2 Å². The molecule has 130 valence electrons. The van der Waals surface area contributed by atoms with E-state index in [2.05, 4.69) is 5.32 Å². The standard InChI is InChI=1S/C16H18ClFN2O3S/c1-9-12(15(21)23-3)14(13-10(17)5-4-6-11(13)18)19-16(24)20(9)7-8-22-2/h4-6,14H,7-8H2,1-3H3,(H,19,24). The molecule has 1 heterocycles. The fraction of sp³-hybridized carbons (Fsp3) is 0.375. The molecule has 2 rings (SSSR count). The Morgan fingerprint density at radius 3 is 2.75 bits per heavy atom. The molecule has 1 N–H and O–H groups in total. The van der Waals surface area contributed by atoms with E-state index in [1.54, 1.807) is 25.0 Å². The van der Waals surface area contributed by atoms with Gasteiger partial charge in [0.25, 0.3) is 0 Å². The van der Waals surface area contributed by atoms with Crippen molar-refractivity contribution in [3.05, 3.63) is 45.9 Å². The molecule has 1 atom stereocenters. The maximum Gasteiger partial charge on any atom is 0.337 e. The predicted molar refractivity (Wildman–Crippen MR) is 93.2 cm³/mol. The minimum Gasteiger partial charge on any atom is -0.466 e. The Morgan fingerprint density at radius 2 is 2.17 bits per heavy atom. The molecular weight excluding hydrogens is 355 g/mol. The van der Waals surface area contributed by atoms with Crippen molar-refractivity contribution < 1.29 is 18.7 Å². The van der Waals surface area contributed by atoms with Crippen molar-refractivity contribution in [1.29, 1.82) is 0 Å². The highest BCUT2D eigenvalue weighted by molar-refractivity contribution is 7.80. The van der Waals surface area contributed by atoms with Crippen LogP contribution >= 0.6 is 23.8 Å². The maximum atomic E-state index is 14.4. The van der Waals surface area contributed by atoms with Crippen molar-refractivity contribution >= 4 is 34.9 Å². The zero-order valence-electron chi connectivity index (χ0n) is 13.6. The first-order valence-electron chi connectivity index (χ1n) is 7.22. The van der Waals surface area contributed by atoms with E-state index in [4.69, 9.17) is 33.3 Å². The number of hydrogen-bond donors (Lipinski definition) is 1. The molecule has 0 saturated carbocycles. The van der Waals surface area contributed by atoms with Crippen LogP contribution in [0.1, 0.15) is 18.5 Å². The lowest BCUT2D eigenvalue weighted by Crippen LogP contribution is -2.49. The Bertz CT molecular complexity index is 676.